The Kier molecular flexibility index (Phi) is 4.10. The van der Waals surface area contributed by atoms with E-state index in [1.54, 1.807) is 0 Å². The van der Waals surface area contributed by atoms with Crippen LogP contribution in [0.5, 0.6) is 0 Å². The summed E-state index contributed by atoms with van der Waals surface area (Å²) in [6.07, 6.45) is 0.833. The largest absolute Gasteiger partial charge is 0.238 e. The van der Waals surface area contributed by atoms with Gasteiger partial charge in [0.15, 0.2) is 11.4 Å². The molecule has 21 heavy (non-hydrogen) atoms. The molecule has 0 aliphatic rings. The van der Waals surface area contributed by atoms with Crippen molar-refractivity contribution in [1.82, 2.24) is 0 Å². The smallest absolute Gasteiger partial charge is 0.193 e. The van der Waals surface area contributed by atoms with Crippen molar-refractivity contribution in [1.29, 1.82) is 0 Å². The van der Waals surface area contributed by atoms with Gasteiger partial charge >= 0.3 is 0 Å². The van der Waals surface area contributed by atoms with E-state index in [9.17, 15) is 0 Å². The van der Waals surface area contributed by atoms with Crippen molar-refractivity contribution in [2.45, 2.75) is 34.1 Å². The van der Waals surface area contributed by atoms with Gasteiger partial charge < -0.3 is 0 Å². The van der Waals surface area contributed by atoms with Crippen molar-refractivity contribution >= 4 is 11.4 Å². The first-order chi connectivity index (χ1) is 9.96. The molecule has 0 unspecified atom stereocenters. The Bertz CT molecular complexity index is 673. The van der Waals surface area contributed by atoms with Gasteiger partial charge in [-0.2, -0.15) is 0 Å². The minimum Gasteiger partial charge on any atom is -0.238 e. The summed E-state index contributed by atoms with van der Waals surface area (Å²) in [5, 5.41) is 0. The van der Waals surface area contributed by atoms with Crippen LogP contribution in [-0.2, 0) is 6.42 Å². The van der Waals surface area contributed by atoms with Crippen LogP contribution >= 0.6 is 0 Å². The maximum Gasteiger partial charge on any atom is 0.193 e. The molecule has 104 valence electrons. The molecule has 0 radical (unpaired) electrons. The zero-order valence-corrected chi connectivity index (χ0v) is 12.9. The zero-order valence-electron chi connectivity index (χ0n) is 12.9. The van der Waals surface area contributed by atoms with Gasteiger partial charge in [0.25, 0.3) is 0 Å². The standard InChI is InChI=1S/C19H18N2/c1-12-7-16(8-13(2)18(12)20-5)11-17-9-14(3)19(21-6)15(4)10-17/h7-10H,11H2,1-4H3. The summed E-state index contributed by atoms with van der Waals surface area (Å²) in [5.74, 6) is 0. The summed E-state index contributed by atoms with van der Waals surface area (Å²) in [7, 11) is 0. The Morgan fingerprint density at radius 1 is 0.667 bits per heavy atom. The van der Waals surface area contributed by atoms with E-state index in [2.05, 4.69) is 34.0 Å². The van der Waals surface area contributed by atoms with E-state index in [1.807, 2.05) is 27.7 Å². The van der Waals surface area contributed by atoms with Crippen molar-refractivity contribution in [3.8, 4) is 0 Å². The first-order valence-corrected chi connectivity index (χ1v) is 6.91. The summed E-state index contributed by atoms with van der Waals surface area (Å²) in [6.45, 7) is 22.4. The van der Waals surface area contributed by atoms with Gasteiger partial charge in [0.1, 0.15) is 0 Å². The van der Waals surface area contributed by atoms with Crippen LogP contribution in [0.1, 0.15) is 33.4 Å². The maximum atomic E-state index is 7.21. The Labute approximate surface area is 126 Å². The molecule has 2 heteroatoms. The predicted octanol–water partition coefficient (Wildman–Crippen LogP) is 5.61. The molecule has 0 N–H and O–H groups in total. The number of rotatable bonds is 2. The lowest BCUT2D eigenvalue weighted by Gasteiger charge is -2.10. The van der Waals surface area contributed by atoms with E-state index < -0.39 is 0 Å². The molecule has 0 atom stereocenters. The van der Waals surface area contributed by atoms with E-state index in [4.69, 9.17) is 13.1 Å². The molecule has 0 saturated heterocycles. The molecule has 0 bridgehead atoms. The third-order valence-electron chi connectivity index (χ3n) is 3.73. The van der Waals surface area contributed by atoms with Crippen molar-refractivity contribution in [2.24, 2.45) is 0 Å². The first kappa shape index (κ1) is 14.8. The number of benzene rings is 2. The highest BCUT2D eigenvalue weighted by Crippen LogP contribution is 2.29. The minimum absolute atomic E-state index is 0.759. The normalized spacial score (nSPS) is 10.0. The van der Waals surface area contributed by atoms with Crippen molar-refractivity contribution in [2.75, 3.05) is 0 Å². The Hall–Kier alpha value is -2.58. The molecule has 2 rings (SSSR count). The average molecular weight is 274 g/mol. The number of nitrogens with zero attached hydrogens (tertiary/aromatic N) is 2. The van der Waals surface area contributed by atoms with Crippen LogP contribution in [0.3, 0.4) is 0 Å². The quantitative estimate of drug-likeness (QED) is 0.629. The summed E-state index contributed by atoms with van der Waals surface area (Å²) in [5.41, 5.74) is 8.08. The molecule has 0 aliphatic carbocycles. The van der Waals surface area contributed by atoms with Crippen LogP contribution in [0.15, 0.2) is 24.3 Å². The monoisotopic (exact) mass is 274 g/mol. The van der Waals surface area contributed by atoms with Gasteiger partial charge in [-0.1, -0.05) is 24.3 Å². The lowest BCUT2D eigenvalue weighted by atomic mass is 9.96. The average Bonchev–Trinajstić information content (AvgIpc) is 2.38. The predicted molar refractivity (Wildman–Crippen MR) is 87.2 cm³/mol. The number of hydrogen-bond donors (Lipinski definition) is 0. The molecular formula is C19H18N2. The molecule has 0 fully saturated rings. The highest BCUT2D eigenvalue weighted by atomic mass is 14.7. The molecule has 0 heterocycles. The second kappa shape index (κ2) is 5.81. The van der Waals surface area contributed by atoms with Gasteiger partial charge in [0.05, 0.1) is 13.1 Å². The van der Waals surface area contributed by atoms with E-state index >= 15 is 0 Å². The van der Waals surface area contributed by atoms with Crippen molar-refractivity contribution in [3.63, 3.8) is 0 Å². The molecule has 0 spiro atoms. The van der Waals surface area contributed by atoms with Crippen molar-refractivity contribution in [3.05, 3.63) is 80.5 Å². The topological polar surface area (TPSA) is 8.72 Å². The molecule has 0 aromatic heterocycles. The van der Waals surface area contributed by atoms with E-state index in [0.29, 0.717) is 0 Å². The molecule has 2 aromatic carbocycles. The fourth-order valence-corrected chi connectivity index (χ4v) is 2.88. The third kappa shape index (κ3) is 2.96. The fourth-order valence-electron chi connectivity index (χ4n) is 2.88. The Balaban J connectivity index is 2.40. The maximum absolute atomic E-state index is 7.21. The van der Waals surface area contributed by atoms with Crippen LogP contribution in [0.4, 0.5) is 11.4 Å². The molecular weight excluding hydrogens is 256 g/mol. The van der Waals surface area contributed by atoms with Gasteiger partial charge in [0.2, 0.25) is 0 Å². The van der Waals surface area contributed by atoms with Gasteiger partial charge in [-0.15, -0.1) is 0 Å². The highest BCUT2D eigenvalue weighted by Gasteiger charge is 2.08. The lowest BCUT2D eigenvalue weighted by molar-refractivity contribution is 1.16. The molecule has 0 amide bonds. The van der Waals surface area contributed by atoms with Gasteiger partial charge in [-0.05, 0) is 67.5 Å². The van der Waals surface area contributed by atoms with Crippen LogP contribution in [0.25, 0.3) is 9.69 Å². The van der Waals surface area contributed by atoms with Crippen molar-refractivity contribution < 1.29 is 0 Å². The van der Waals surface area contributed by atoms with E-state index in [0.717, 1.165) is 40.0 Å². The summed E-state index contributed by atoms with van der Waals surface area (Å²) < 4.78 is 0. The summed E-state index contributed by atoms with van der Waals surface area (Å²) >= 11 is 0. The van der Waals surface area contributed by atoms with Crippen LogP contribution in [0, 0.1) is 40.8 Å². The second-order valence-corrected chi connectivity index (χ2v) is 5.56. The summed E-state index contributed by atoms with van der Waals surface area (Å²) in [6, 6.07) is 8.36. The SMILES string of the molecule is [C-]#[N+]c1c(C)cc(Cc2cc(C)c([N+]#[C-])c(C)c2)cc1C. The highest BCUT2D eigenvalue weighted by molar-refractivity contribution is 5.61. The van der Waals surface area contributed by atoms with Gasteiger partial charge in [-0.3, -0.25) is 0 Å². The molecule has 0 aliphatic heterocycles. The third-order valence-corrected chi connectivity index (χ3v) is 3.73. The minimum atomic E-state index is 0.759. The second-order valence-electron chi connectivity index (χ2n) is 5.56. The van der Waals surface area contributed by atoms with E-state index in [1.165, 1.54) is 11.1 Å². The zero-order chi connectivity index (χ0) is 15.6. The number of aryl methyl sites for hydroxylation is 4. The van der Waals surface area contributed by atoms with Crippen LogP contribution in [-0.4, -0.2) is 0 Å². The van der Waals surface area contributed by atoms with Crippen LogP contribution in [0.2, 0.25) is 0 Å². The van der Waals surface area contributed by atoms with E-state index in [-0.39, 0.29) is 0 Å². The lowest BCUT2D eigenvalue weighted by Crippen LogP contribution is -1.93. The number of hydrogen-bond acceptors (Lipinski definition) is 0. The van der Waals surface area contributed by atoms with Gasteiger partial charge in [-0.25, -0.2) is 9.69 Å². The molecule has 2 aromatic rings. The molecule has 2 nitrogen and oxygen atoms in total. The Morgan fingerprint density at radius 2 is 0.952 bits per heavy atom. The molecule has 0 saturated carbocycles. The van der Waals surface area contributed by atoms with Gasteiger partial charge in [0, 0.05) is 0 Å². The fraction of sp³-hybridized carbons (Fsp3) is 0.263. The first-order valence-electron chi connectivity index (χ1n) is 6.91. The Morgan fingerprint density at radius 3 is 1.19 bits per heavy atom. The summed E-state index contributed by atoms with van der Waals surface area (Å²) in [4.78, 5) is 7.17. The van der Waals surface area contributed by atoms with Crippen LogP contribution < -0.4 is 0 Å².